The summed E-state index contributed by atoms with van der Waals surface area (Å²) in [4.78, 5) is 11.0. The highest BCUT2D eigenvalue weighted by atomic mass is 16.6. The molecule has 0 amide bonds. The Morgan fingerprint density at radius 1 is 1.53 bits per heavy atom. The molecule has 92 valence electrons. The molecule has 2 rings (SSSR count). The number of esters is 1. The lowest BCUT2D eigenvalue weighted by atomic mass is 10.1. The van der Waals surface area contributed by atoms with E-state index in [2.05, 4.69) is 4.74 Å². The summed E-state index contributed by atoms with van der Waals surface area (Å²) in [5, 5.41) is 9.80. The topological polar surface area (TPSA) is 65.0 Å². The van der Waals surface area contributed by atoms with Crippen LogP contribution >= 0.6 is 0 Å². The summed E-state index contributed by atoms with van der Waals surface area (Å²) < 4.78 is 15.5. The van der Waals surface area contributed by atoms with E-state index in [0.29, 0.717) is 11.5 Å². The first kappa shape index (κ1) is 11.7. The van der Waals surface area contributed by atoms with Crippen LogP contribution in [0.5, 0.6) is 11.5 Å². The van der Waals surface area contributed by atoms with Gasteiger partial charge in [-0.1, -0.05) is 12.1 Å². The van der Waals surface area contributed by atoms with Gasteiger partial charge >= 0.3 is 5.97 Å². The molecule has 0 bridgehead atoms. The number of rotatable bonds is 3. The van der Waals surface area contributed by atoms with Crippen LogP contribution in [0.3, 0.4) is 0 Å². The number of methoxy groups -OCH3 is 1. The molecule has 1 aliphatic heterocycles. The second kappa shape index (κ2) is 5.05. The molecule has 1 aliphatic rings. The van der Waals surface area contributed by atoms with E-state index in [1.807, 2.05) is 12.1 Å². The van der Waals surface area contributed by atoms with Gasteiger partial charge in [0.2, 0.25) is 0 Å². The van der Waals surface area contributed by atoms with Crippen molar-refractivity contribution < 1.29 is 24.1 Å². The van der Waals surface area contributed by atoms with Crippen LogP contribution in [0.25, 0.3) is 0 Å². The van der Waals surface area contributed by atoms with Gasteiger partial charge in [0.1, 0.15) is 12.7 Å². The smallest absolute Gasteiger partial charge is 0.308 e. The fraction of sp³-hybridized carbons (Fsp3) is 0.417. The van der Waals surface area contributed by atoms with Crippen molar-refractivity contribution in [1.29, 1.82) is 0 Å². The maximum absolute atomic E-state index is 11.0. The van der Waals surface area contributed by atoms with Crippen LogP contribution in [0.1, 0.15) is 6.42 Å². The van der Waals surface area contributed by atoms with Crippen molar-refractivity contribution in [3.8, 4) is 11.5 Å². The second-order valence-corrected chi connectivity index (χ2v) is 3.76. The number of hydrogen-bond donors (Lipinski definition) is 1. The van der Waals surface area contributed by atoms with E-state index >= 15 is 0 Å². The highest BCUT2D eigenvalue weighted by Gasteiger charge is 2.29. The zero-order valence-electron chi connectivity index (χ0n) is 9.46. The largest absolute Gasteiger partial charge is 0.486 e. The third-order valence-electron chi connectivity index (χ3n) is 2.56. The number of benzene rings is 1. The Labute approximate surface area is 98.9 Å². The van der Waals surface area contributed by atoms with Crippen molar-refractivity contribution in [3.05, 3.63) is 24.3 Å². The van der Waals surface area contributed by atoms with Crippen LogP contribution in [0.15, 0.2) is 24.3 Å². The Morgan fingerprint density at radius 3 is 2.94 bits per heavy atom. The number of para-hydroxylation sites is 2. The Kier molecular flexibility index (Phi) is 3.49. The van der Waals surface area contributed by atoms with Crippen molar-refractivity contribution >= 4 is 5.97 Å². The summed E-state index contributed by atoms with van der Waals surface area (Å²) in [5.41, 5.74) is 0. The van der Waals surface area contributed by atoms with Gasteiger partial charge in [-0.15, -0.1) is 0 Å². The molecule has 17 heavy (non-hydrogen) atoms. The lowest BCUT2D eigenvalue weighted by Crippen LogP contribution is -2.40. The maximum atomic E-state index is 11.0. The monoisotopic (exact) mass is 238 g/mol. The summed E-state index contributed by atoms with van der Waals surface area (Å²) in [6.07, 6.45) is -1.59. The summed E-state index contributed by atoms with van der Waals surface area (Å²) in [6, 6.07) is 7.20. The summed E-state index contributed by atoms with van der Waals surface area (Å²) in [5.74, 6) is 0.752. The lowest BCUT2D eigenvalue weighted by molar-refractivity contribution is -0.144. The SMILES string of the molecule is COC(=O)C[C@@H](O)[C@H]1COc2ccccc2O1. The lowest BCUT2D eigenvalue weighted by Gasteiger charge is -2.29. The predicted octanol–water partition coefficient (Wildman–Crippen LogP) is 0.750. The highest BCUT2D eigenvalue weighted by Crippen LogP contribution is 2.31. The van der Waals surface area contributed by atoms with E-state index in [4.69, 9.17) is 9.47 Å². The van der Waals surface area contributed by atoms with Crippen LogP contribution < -0.4 is 9.47 Å². The standard InChI is InChI=1S/C12H14O5/c1-15-12(14)6-8(13)11-7-16-9-4-2-3-5-10(9)17-11/h2-5,8,11,13H,6-7H2,1H3/t8-,11-/m1/s1. The molecule has 5 nitrogen and oxygen atoms in total. The van der Waals surface area contributed by atoms with Crippen molar-refractivity contribution in [2.75, 3.05) is 13.7 Å². The average Bonchev–Trinajstić information content (AvgIpc) is 2.38. The van der Waals surface area contributed by atoms with Gasteiger partial charge < -0.3 is 19.3 Å². The fourth-order valence-electron chi connectivity index (χ4n) is 1.61. The molecule has 0 saturated carbocycles. The van der Waals surface area contributed by atoms with Gasteiger partial charge in [0, 0.05) is 0 Å². The van der Waals surface area contributed by atoms with Crippen molar-refractivity contribution in [1.82, 2.24) is 0 Å². The van der Waals surface area contributed by atoms with Crippen LogP contribution in [-0.2, 0) is 9.53 Å². The van der Waals surface area contributed by atoms with Gasteiger partial charge in [0.15, 0.2) is 17.6 Å². The van der Waals surface area contributed by atoms with E-state index in [1.54, 1.807) is 12.1 Å². The number of ether oxygens (including phenoxy) is 3. The van der Waals surface area contributed by atoms with Gasteiger partial charge in [0.05, 0.1) is 13.5 Å². The van der Waals surface area contributed by atoms with Crippen molar-refractivity contribution in [3.63, 3.8) is 0 Å². The number of hydrogen-bond acceptors (Lipinski definition) is 5. The van der Waals surface area contributed by atoms with E-state index in [1.165, 1.54) is 7.11 Å². The first-order chi connectivity index (χ1) is 8.20. The molecule has 0 spiro atoms. The molecule has 0 unspecified atom stereocenters. The third-order valence-corrected chi connectivity index (χ3v) is 2.56. The maximum Gasteiger partial charge on any atom is 0.308 e. The molecule has 2 atom stereocenters. The molecule has 1 N–H and O–H groups in total. The predicted molar refractivity (Wildman–Crippen MR) is 59.0 cm³/mol. The molecule has 0 fully saturated rings. The quantitative estimate of drug-likeness (QED) is 0.787. The van der Waals surface area contributed by atoms with Crippen molar-refractivity contribution in [2.45, 2.75) is 18.6 Å². The van der Waals surface area contributed by atoms with E-state index in [-0.39, 0.29) is 13.0 Å². The van der Waals surface area contributed by atoms with E-state index in [9.17, 15) is 9.90 Å². The zero-order chi connectivity index (χ0) is 12.3. The van der Waals surface area contributed by atoms with Crippen LogP contribution in [0.4, 0.5) is 0 Å². The zero-order valence-corrected chi connectivity index (χ0v) is 9.46. The third kappa shape index (κ3) is 2.68. The Balaban J connectivity index is 2.00. The number of carbonyl (C=O) groups excluding carboxylic acids is 1. The highest BCUT2D eigenvalue weighted by molar-refractivity contribution is 5.69. The van der Waals surface area contributed by atoms with Crippen molar-refractivity contribution in [2.24, 2.45) is 0 Å². The number of carbonyl (C=O) groups is 1. The number of aliphatic hydroxyl groups excluding tert-OH is 1. The van der Waals surface area contributed by atoms with E-state index < -0.39 is 18.2 Å². The normalized spacial score (nSPS) is 19.5. The average molecular weight is 238 g/mol. The van der Waals surface area contributed by atoms with Gasteiger partial charge in [-0.25, -0.2) is 0 Å². The molecule has 1 aromatic rings. The minimum absolute atomic E-state index is 0.104. The second-order valence-electron chi connectivity index (χ2n) is 3.76. The van der Waals surface area contributed by atoms with Crippen LogP contribution in [0, 0.1) is 0 Å². The number of aliphatic hydroxyl groups is 1. The molecule has 0 aromatic heterocycles. The minimum atomic E-state index is -0.934. The van der Waals surface area contributed by atoms with Gasteiger partial charge in [-0.2, -0.15) is 0 Å². The first-order valence-corrected chi connectivity index (χ1v) is 5.34. The number of fused-ring (bicyclic) bond motifs is 1. The molecule has 1 aromatic carbocycles. The van der Waals surface area contributed by atoms with Crippen LogP contribution in [0.2, 0.25) is 0 Å². The van der Waals surface area contributed by atoms with E-state index in [0.717, 1.165) is 0 Å². The molecular weight excluding hydrogens is 224 g/mol. The molecule has 1 heterocycles. The molecule has 0 aliphatic carbocycles. The van der Waals surface area contributed by atoms with Gasteiger partial charge in [-0.05, 0) is 12.1 Å². The Morgan fingerprint density at radius 2 is 2.24 bits per heavy atom. The summed E-state index contributed by atoms with van der Waals surface area (Å²) in [6.45, 7) is 0.217. The fourth-order valence-corrected chi connectivity index (χ4v) is 1.61. The molecule has 0 radical (unpaired) electrons. The first-order valence-electron chi connectivity index (χ1n) is 5.34. The Hall–Kier alpha value is -1.75. The minimum Gasteiger partial charge on any atom is -0.486 e. The molecule has 0 saturated heterocycles. The van der Waals surface area contributed by atoms with Crippen LogP contribution in [-0.4, -0.2) is 37.0 Å². The summed E-state index contributed by atoms with van der Waals surface area (Å²) >= 11 is 0. The molecular formula is C12H14O5. The Bertz CT molecular complexity index is 404. The van der Waals surface area contributed by atoms with Gasteiger partial charge in [0.25, 0.3) is 0 Å². The summed E-state index contributed by atoms with van der Waals surface area (Å²) in [7, 11) is 1.28. The molecule has 5 heteroatoms. The van der Waals surface area contributed by atoms with Gasteiger partial charge in [-0.3, -0.25) is 4.79 Å².